The standard InChI is InChI=1S/C51H33N3S/c1-4-16-34(17-5-1)37-22-14-23-38(32-37)42-28-15-29-46-48(42)45-31-30-39(33-47(45)55-46)49-52-50(43-26-12-10-24-40(43)35-18-6-2-7-19-35)54-51(53-49)44-27-13-11-25-41(44)36-20-8-3-9-21-36/h1-33H/i15D,28D,29D,30D,31D,33D. The third-order valence-corrected chi connectivity index (χ3v) is 10.7. The van der Waals surface area contributed by atoms with E-state index in [1.54, 1.807) is 0 Å². The summed E-state index contributed by atoms with van der Waals surface area (Å²) in [6, 6.07) is 52.1. The first-order chi connectivity index (χ1) is 29.8. The molecule has 4 heteroatoms. The van der Waals surface area contributed by atoms with Crippen molar-refractivity contribution in [2.75, 3.05) is 0 Å². The van der Waals surface area contributed by atoms with Crippen LogP contribution in [0.4, 0.5) is 0 Å². The summed E-state index contributed by atoms with van der Waals surface area (Å²) in [5, 5.41) is 0.708. The first kappa shape index (κ1) is 26.7. The molecular weight excluding hydrogens is 687 g/mol. The Morgan fingerprint density at radius 2 is 0.873 bits per heavy atom. The Balaban J connectivity index is 1.25. The van der Waals surface area contributed by atoms with Crippen molar-refractivity contribution < 1.29 is 8.22 Å². The largest absolute Gasteiger partial charge is 0.208 e. The molecule has 8 aromatic carbocycles. The lowest BCUT2D eigenvalue weighted by Crippen LogP contribution is -2.02. The minimum Gasteiger partial charge on any atom is -0.208 e. The number of nitrogens with zero attached hydrogens (tertiary/aromatic N) is 3. The van der Waals surface area contributed by atoms with Gasteiger partial charge in [0.2, 0.25) is 0 Å². The van der Waals surface area contributed by atoms with Gasteiger partial charge in [-0.25, -0.2) is 15.0 Å². The van der Waals surface area contributed by atoms with Crippen LogP contribution in [0.15, 0.2) is 200 Å². The molecule has 258 valence electrons. The van der Waals surface area contributed by atoms with Crippen LogP contribution in [0, 0.1) is 0 Å². The van der Waals surface area contributed by atoms with E-state index in [0.717, 1.165) is 55.8 Å². The van der Waals surface area contributed by atoms with Gasteiger partial charge in [-0.05, 0) is 62.7 Å². The summed E-state index contributed by atoms with van der Waals surface area (Å²) in [5.74, 6) is 0.754. The number of aromatic nitrogens is 3. The molecule has 0 radical (unpaired) electrons. The maximum absolute atomic E-state index is 9.80. The second kappa shape index (κ2) is 14.1. The van der Waals surface area contributed by atoms with Gasteiger partial charge in [0.05, 0.1) is 8.22 Å². The summed E-state index contributed by atoms with van der Waals surface area (Å²) >= 11 is 1.13. The van der Waals surface area contributed by atoms with Gasteiger partial charge < -0.3 is 0 Å². The topological polar surface area (TPSA) is 38.7 Å². The van der Waals surface area contributed by atoms with Crippen LogP contribution >= 0.6 is 11.3 Å². The Bertz CT molecular complexity index is 3220. The summed E-state index contributed by atoms with van der Waals surface area (Å²) in [5.41, 5.74) is 8.16. The lowest BCUT2D eigenvalue weighted by atomic mass is 9.96. The van der Waals surface area contributed by atoms with Crippen molar-refractivity contribution in [3.8, 4) is 78.7 Å². The van der Waals surface area contributed by atoms with Gasteiger partial charge in [0.1, 0.15) is 0 Å². The predicted octanol–water partition coefficient (Wildman–Crippen LogP) is 13.9. The molecule has 0 saturated carbocycles. The summed E-state index contributed by atoms with van der Waals surface area (Å²) in [7, 11) is 0. The maximum Gasteiger partial charge on any atom is 0.164 e. The highest BCUT2D eigenvalue weighted by Gasteiger charge is 2.19. The molecule has 10 rings (SSSR count). The molecule has 2 heterocycles. The first-order valence-electron chi connectivity index (χ1n) is 21.0. The van der Waals surface area contributed by atoms with E-state index in [1.807, 2.05) is 164 Å². The monoisotopic (exact) mass is 725 g/mol. The van der Waals surface area contributed by atoms with E-state index in [2.05, 4.69) is 0 Å². The summed E-state index contributed by atoms with van der Waals surface area (Å²) in [6.07, 6.45) is 0. The van der Waals surface area contributed by atoms with Crippen LogP contribution in [-0.2, 0) is 0 Å². The molecule has 0 spiro atoms. The third kappa shape index (κ3) is 6.19. The van der Waals surface area contributed by atoms with Crippen LogP contribution < -0.4 is 0 Å². The van der Waals surface area contributed by atoms with Crippen LogP contribution in [0.5, 0.6) is 0 Å². The minimum absolute atomic E-state index is 0.0553. The molecule has 0 bridgehead atoms. The molecule has 0 aliphatic carbocycles. The van der Waals surface area contributed by atoms with Gasteiger partial charge in [0.25, 0.3) is 0 Å². The van der Waals surface area contributed by atoms with Gasteiger partial charge in [0, 0.05) is 36.9 Å². The van der Waals surface area contributed by atoms with Gasteiger partial charge in [-0.15, -0.1) is 11.3 Å². The van der Waals surface area contributed by atoms with Gasteiger partial charge in [-0.3, -0.25) is 0 Å². The molecule has 0 unspecified atom stereocenters. The average molecular weight is 726 g/mol. The van der Waals surface area contributed by atoms with Crippen LogP contribution in [0.2, 0.25) is 0 Å². The van der Waals surface area contributed by atoms with Crippen molar-refractivity contribution in [1.82, 2.24) is 15.0 Å². The Hall–Kier alpha value is -7.01. The number of rotatable bonds is 7. The molecule has 0 saturated heterocycles. The molecular formula is C51H33N3S. The van der Waals surface area contributed by atoms with Crippen LogP contribution in [0.3, 0.4) is 0 Å². The lowest BCUT2D eigenvalue weighted by molar-refractivity contribution is 1.08. The molecule has 0 amide bonds. The van der Waals surface area contributed by atoms with Gasteiger partial charge in [-0.2, -0.15) is 0 Å². The van der Waals surface area contributed by atoms with Crippen molar-refractivity contribution in [3.63, 3.8) is 0 Å². The quantitative estimate of drug-likeness (QED) is 0.164. The average Bonchev–Trinajstić information content (AvgIpc) is 3.72. The van der Waals surface area contributed by atoms with E-state index >= 15 is 0 Å². The van der Waals surface area contributed by atoms with E-state index in [-0.39, 0.29) is 47.6 Å². The van der Waals surface area contributed by atoms with Gasteiger partial charge in [-0.1, -0.05) is 182 Å². The fourth-order valence-electron chi connectivity index (χ4n) is 7.08. The second-order valence-corrected chi connectivity index (χ2v) is 14.1. The zero-order valence-electron chi connectivity index (χ0n) is 35.3. The molecule has 0 fully saturated rings. The molecule has 0 N–H and O–H groups in total. The summed E-state index contributed by atoms with van der Waals surface area (Å²) in [4.78, 5) is 15.1. The highest BCUT2D eigenvalue weighted by atomic mass is 32.1. The van der Waals surface area contributed by atoms with Gasteiger partial charge >= 0.3 is 0 Å². The second-order valence-electron chi connectivity index (χ2n) is 13.1. The van der Waals surface area contributed by atoms with Crippen molar-refractivity contribution in [2.45, 2.75) is 0 Å². The molecule has 10 aromatic rings. The van der Waals surface area contributed by atoms with Crippen molar-refractivity contribution in [3.05, 3.63) is 200 Å². The van der Waals surface area contributed by atoms with E-state index in [1.165, 1.54) is 0 Å². The maximum atomic E-state index is 9.80. The molecule has 55 heavy (non-hydrogen) atoms. The minimum atomic E-state index is -0.259. The summed E-state index contributed by atoms with van der Waals surface area (Å²) in [6.45, 7) is 0. The number of hydrogen-bond acceptors (Lipinski definition) is 4. The van der Waals surface area contributed by atoms with Crippen molar-refractivity contribution in [1.29, 1.82) is 0 Å². The number of thiophene rings is 1. The highest BCUT2D eigenvalue weighted by molar-refractivity contribution is 7.26. The Labute approximate surface area is 332 Å². The molecule has 2 aromatic heterocycles. The molecule has 0 atom stereocenters. The SMILES string of the molecule is [2H]c1c([2H])c(-c2cccc(-c3ccccc3)c2)c2c(sc3c([2H])c(-c4nc(-c5ccccc5-c5ccccc5)nc(-c5ccccc5-c5ccccc5)n4)c([2H])c([2H])c32)c1[2H]. The van der Waals surface area contributed by atoms with Gasteiger partial charge in [0.15, 0.2) is 17.5 Å². The zero-order valence-corrected chi connectivity index (χ0v) is 30.2. The van der Waals surface area contributed by atoms with Crippen molar-refractivity contribution in [2.24, 2.45) is 0 Å². The number of hydrogen-bond donors (Lipinski definition) is 0. The zero-order chi connectivity index (χ0) is 41.8. The van der Waals surface area contributed by atoms with E-state index in [9.17, 15) is 5.48 Å². The highest BCUT2D eigenvalue weighted by Crippen LogP contribution is 2.42. The first-order valence-corrected chi connectivity index (χ1v) is 18.8. The fourth-order valence-corrected chi connectivity index (χ4v) is 8.11. The normalized spacial score (nSPS) is 12.8. The Morgan fingerprint density at radius 1 is 0.364 bits per heavy atom. The summed E-state index contributed by atoms with van der Waals surface area (Å²) < 4.78 is 56.9. The van der Waals surface area contributed by atoms with Crippen LogP contribution in [0.1, 0.15) is 8.22 Å². The molecule has 3 nitrogen and oxygen atoms in total. The number of benzene rings is 8. The number of fused-ring (bicyclic) bond motifs is 3. The lowest BCUT2D eigenvalue weighted by Gasteiger charge is -2.14. The predicted molar refractivity (Wildman–Crippen MR) is 231 cm³/mol. The van der Waals surface area contributed by atoms with Crippen LogP contribution in [0.25, 0.3) is 98.8 Å². The fraction of sp³-hybridized carbons (Fsp3) is 0. The van der Waals surface area contributed by atoms with E-state index in [4.69, 9.17) is 17.7 Å². The van der Waals surface area contributed by atoms with E-state index < -0.39 is 0 Å². The van der Waals surface area contributed by atoms with Crippen LogP contribution in [-0.4, -0.2) is 15.0 Å². The molecule has 0 aliphatic heterocycles. The van der Waals surface area contributed by atoms with E-state index in [0.29, 0.717) is 42.9 Å². The third-order valence-electron chi connectivity index (χ3n) is 9.70. The van der Waals surface area contributed by atoms with Crippen molar-refractivity contribution >= 4 is 31.5 Å². The Kier molecular flexibility index (Phi) is 6.84. The smallest absolute Gasteiger partial charge is 0.164 e. The molecule has 0 aliphatic rings. The Morgan fingerprint density at radius 3 is 1.49 bits per heavy atom.